The lowest BCUT2D eigenvalue weighted by molar-refractivity contribution is -0.384. The zero-order valence-corrected chi connectivity index (χ0v) is 21.2. The molecule has 2 rings (SSSR count). The molecular weight excluding hydrogens is 509 g/mol. The van der Waals surface area contributed by atoms with Crippen LogP contribution in [0.15, 0.2) is 59.5 Å². The Kier molecular flexibility index (Phi) is 11.3. The first kappa shape index (κ1) is 30.1. The summed E-state index contributed by atoms with van der Waals surface area (Å²) in [4.78, 5) is 28.9. The van der Waals surface area contributed by atoms with Gasteiger partial charge in [0.25, 0.3) is 5.69 Å². The van der Waals surface area contributed by atoms with E-state index in [1.165, 1.54) is 0 Å². The second kappa shape index (κ2) is 12.7. The lowest BCUT2D eigenvalue weighted by atomic mass is 10.0. The number of benzene rings is 2. The summed E-state index contributed by atoms with van der Waals surface area (Å²) in [6.45, 7) is 3.15. The van der Waals surface area contributed by atoms with Gasteiger partial charge in [-0.25, -0.2) is 13.0 Å². The molecule has 2 aromatic rings. The van der Waals surface area contributed by atoms with E-state index in [9.17, 15) is 32.9 Å². The van der Waals surface area contributed by atoms with Crippen molar-refractivity contribution in [2.24, 2.45) is 11.7 Å². The predicted octanol–water partition coefficient (Wildman–Crippen LogP) is 2.71. The Hall–Kier alpha value is -1.89. The average molecular weight is 538 g/mol. The molecule has 14 heteroatoms. The molecule has 2 atom stereocenters. The second-order valence-corrected chi connectivity index (χ2v) is 11.1. The van der Waals surface area contributed by atoms with Crippen molar-refractivity contribution in [3.63, 3.8) is 0 Å². The Labute approximate surface area is 204 Å². The van der Waals surface area contributed by atoms with Crippen LogP contribution in [-0.4, -0.2) is 52.7 Å². The molecule has 0 bridgehead atoms. The van der Waals surface area contributed by atoms with Crippen molar-refractivity contribution < 1.29 is 32.2 Å². The van der Waals surface area contributed by atoms with Gasteiger partial charge < -0.3 is 15.5 Å². The van der Waals surface area contributed by atoms with Crippen LogP contribution in [0.4, 0.5) is 5.69 Å². The molecule has 0 radical (unpaired) electrons. The second-order valence-electron chi connectivity index (χ2n) is 7.95. The maximum Gasteiger partial charge on any atom is 0.469 e. The standard InChI is InChI=1S/C20H28N3O8PS.ClH/c1-15(2)13-22(33(29,30)18-10-8-17(9-11-18)23(24)25)14-20(31-32(26,27)28)19(21)12-16-6-4-3-5-7-16;/h3-11,15,19-20H,12-14,21H2,1-2H3,(H2,26,27,28);1H/t19-,20+;/m0./s1. The number of non-ortho nitro benzene ring substituents is 1. The average Bonchev–Trinajstić information content (AvgIpc) is 2.72. The third-order valence-electron chi connectivity index (χ3n) is 4.70. The molecule has 0 saturated carbocycles. The lowest BCUT2D eigenvalue weighted by Crippen LogP contribution is -2.48. The minimum atomic E-state index is -4.99. The van der Waals surface area contributed by atoms with Gasteiger partial charge in [-0.2, -0.15) is 4.31 Å². The number of hydrogen-bond acceptors (Lipinski definition) is 7. The first-order chi connectivity index (χ1) is 15.3. The summed E-state index contributed by atoms with van der Waals surface area (Å²) >= 11 is 0. The van der Waals surface area contributed by atoms with Gasteiger partial charge in [0.05, 0.1) is 15.9 Å². The molecule has 2 aromatic carbocycles. The predicted molar refractivity (Wildman–Crippen MR) is 129 cm³/mol. The van der Waals surface area contributed by atoms with Crippen LogP contribution in [0.25, 0.3) is 0 Å². The van der Waals surface area contributed by atoms with E-state index in [4.69, 9.17) is 10.3 Å². The highest BCUT2D eigenvalue weighted by Gasteiger charge is 2.34. The number of halogens is 1. The Balaban J connectivity index is 0.00000578. The molecule has 0 saturated heterocycles. The van der Waals surface area contributed by atoms with Gasteiger partial charge in [-0.3, -0.25) is 14.6 Å². The van der Waals surface area contributed by atoms with E-state index < -0.39 is 41.5 Å². The largest absolute Gasteiger partial charge is 0.469 e. The number of nitrogens with two attached hydrogens (primary N) is 1. The van der Waals surface area contributed by atoms with Gasteiger partial charge in [-0.1, -0.05) is 44.2 Å². The van der Waals surface area contributed by atoms with Crippen LogP contribution in [0, 0.1) is 16.0 Å². The van der Waals surface area contributed by atoms with Gasteiger partial charge in [-0.05, 0) is 30.0 Å². The fraction of sp³-hybridized carbons (Fsp3) is 0.400. The first-order valence-corrected chi connectivity index (χ1v) is 13.0. The molecule has 4 N–H and O–H groups in total. The zero-order chi connectivity index (χ0) is 24.8. The number of rotatable bonds is 12. The maximum absolute atomic E-state index is 13.3. The van der Waals surface area contributed by atoms with Crippen molar-refractivity contribution in [2.45, 2.75) is 37.3 Å². The summed E-state index contributed by atoms with van der Waals surface area (Å²) in [5.74, 6) is -0.140. The van der Waals surface area contributed by atoms with Crippen molar-refractivity contribution in [1.82, 2.24) is 4.31 Å². The van der Waals surface area contributed by atoms with Crippen LogP contribution < -0.4 is 5.73 Å². The fourth-order valence-electron chi connectivity index (χ4n) is 3.21. The summed E-state index contributed by atoms with van der Waals surface area (Å²) in [5.41, 5.74) is 6.73. The number of nitro groups is 1. The monoisotopic (exact) mass is 537 g/mol. The van der Waals surface area contributed by atoms with Crippen LogP contribution in [0.3, 0.4) is 0 Å². The minimum absolute atomic E-state index is 0. The SMILES string of the molecule is CC(C)CN(C[C@@H](OP(=O)(O)O)[C@@H](N)Cc1ccccc1)S(=O)(=O)c1ccc([N+](=O)[O-])cc1.Cl. The smallest absolute Gasteiger partial charge is 0.325 e. The van der Waals surface area contributed by atoms with Gasteiger partial charge in [0.1, 0.15) is 0 Å². The summed E-state index contributed by atoms with van der Waals surface area (Å²) in [6.07, 6.45) is -1.13. The van der Waals surface area contributed by atoms with Crippen molar-refractivity contribution in [1.29, 1.82) is 0 Å². The topological polar surface area (TPSA) is 173 Å². The fourth-order valence-corrected chi connectivity index (χ4v) is 5.40. The molecule has 0 amide bonds. The Morgan fingerprint density at radius 2 is 1.65 bits per heavy atom. The third-order valence-corrected chi connectivity index (χ3v) is 7.09. The molecule has 11 nitrogen and oxygen atoms in total. The van der Waals surface area contributed by atoms with E-state index in [0.717, 1.165) is 34.1 Å². The zero-order valence-electron chi connectivity index (χ0n) is 18.6. The highest BCUT2D eigenvalue weighted by atomic mass is 35.5. The molecule has 0 aliphatic heterocycles. The highest BCUT2D eigenvalue weighted by Crippen LogP contribution is 2.39. The quantitative estimate of drug-likeness (QED) is 0.209. The Morgan fingerprint density at radius 3 is 2.12 bits per heavy atom. The van der Waals surface area contributed by atoms with Crippen molar-refractivity contribution in [3.8, 4) is 0 Å². The van der Waals surface area contributed by atoms with E-state index in [1.54, 1.807) is 44.2 Å². The summed E-state index contributed by atoms with van der Waals surface area (Å²) < 4.78 is 44.1. The molecule has 0 aromatic heterocycles. The molecule has 190 valence electrons. The number of nitrogens with zero attached hydrogens (tertiary/aromatic N) is 2. The number of nitro benzene ring substituents is 1. The molecule has 0 fully saturated rings. The van der Waals surface area contributed by atoms with E-state index in [2.05, 4.69) is 0 Å². The van der Waals surface area contributed by atoms with Crippen LogP contribution in [-0.2, 0) is 25.5 Å². The van der Waals surface area contributed by atoms with Crippen LogP contribution >= 0.6 is 20.2 Å². The third kappa shape index (κ3) is 9.05. The van der Waals surface area contributed by atoms with Gasteiger partial charge in [-0.15, -0.1) is 12.4 Å². The van der Waals surface area contributed by atoms with Crippen LogP contribution in [0.1, 0.15) is 19.4 Å². The van der Waals surface area contributed by atoms with Crippen LogP contribution in [0.2, 0.25) is 0 Å². The molecule has 0 unspecified atom stereocenters. The molecular formula is C20H29ClN3O8PS. The van der Waals surface area contributed by atoms with Crippen molar-refractivity contribution in [2.75, 3.05) is 13.1 Å². The Morgan fingerprint density at radius 1 is 1.09 bits per heavy atom. The molecule has 0 aliphatic carbocycles. The van der Waals surface area contributed by atoms with E-state index in [-0.39, 0.29) is 41.9 Å². The van der Waals surface area contributed by atoms with Gasteiger partial charge in [0.15, 0.2) is 0 Å². The highest BCUT2D eigenvalue weighted by molar-refractivity contribution is 7.89. The number of phosphoric acid groups is 1. The molecule has 34 heavy (non-hydrogen) atoms. The number of sulfonamides is 1. The summed E-state index contributed by atoms with van der Waals surface area (Å²) in [7, 11) is -9.16. The molecule has 0 spiro atoms. The van der Waals surface area contributed by atoms with Crippen molar-refractivity contribution >= 4 is 35.9 Å². The first-order valence-electron chi connectivity index (χ1n) is 10.1. The summed E-state index contributed by atoms with van der Waals surface area (Å²) in [6, 6.07) is 12.4. The van der Waals surface area contributed by atoms with E-state index >= 15 is 0 Å². The maximum atomic E-state index is 13.3. The minimum Gasteiger partial charge on any atom is -0.325 e. The lowest BCUT2D eigenvalue weighted by Gasteiger charge is -2.31. The van der Waals surface area contributed by atoms with Gasteiger partial charge in [0.2, 0.25) is 10.0 Å². The number of hydrogen-bond donors (Lipinski definition) is 3. The number of phosphoric ester groups is 1. The normalized spacial score (nSPS) is 14.0. The molecule has 0 aliphatic rings. The molecule has 0 heterocycles. The van der Waals surface area contributed by atoms with Crippen LogP contribution in [0.5, 0.6) is 0 Å². The Bertz CT molecular complexity index is 1080. The van der Waals surface area contributed by atoms with E-state index in [0.29, 0.717) is 0 Å². The van der Waals surface area contributed by atoms with E-state index in [1.807, 2.05) is 0 Å². The van der Waals surface area contributed by atoms with Gasteiger partial charge in [0, 0.05) is 31.3 Å². The van der Waals surface area contributed by atoms with Gasteiger partial charge >= 0.3 is 7.82 Å². The van der Waals surface area contributed by atoms with Crippen molar-refractivity contribution in [3.05, 3.63) is 70.3 Å². The summed E-state index contributed by atoms with van der Waals surface area (Å²) in [5, 5.41) is 10.9.